The number of carbonyl (C=O) groups is 1. The lowest BCUT2D eigenvalue weighted by Gasteiger charge is -2.20. The third kappa shape index (κ3) is 4.03. The quantitative estimate of drug-likeness (QED) is 0.928. The van der Waals surface area contributed by atoms with Gasteiger partial charge in [0, 0.05) is 5.92 Å². The van der Waals surface area contributed by atoms with Crippen molar-refractivity contribution < 1.29 is 13.9 Å². The Morgan fingerprint density at radius 1 is 1.13 bits per heavy atom. The molecular formula is C17H18FN3O2. The summed E-state index contributed by atoms with van der Waals surface area (Å²) in [6.07, 6.45) is 8.19. The molecule has 120 valence electrons. The smallest absolute Gasteiger partial charge is 0.322 e. The van der Waals surface area contributed by atoms with Crippen LogP contribution >= 0.6 is 0 Å². The van der Waals surface area contributed by atoms with E-state index < -0.39 is 5.82 Å². The predicted octanol–water partition coefficient (Wildman–Crippen LogP) is 3.93. The van der Waals surface area contributed by atoms with E-state index in [0.29, 0.717) is 5.69 Å². The van der Waals surface area contributed by atoms with Crippen LogP contribution < -0.4 is 10.1 Å². The molecule has 1 aliphatic rings. The third-order valence-corrected chi connectivity index (χ3v) is 3.91. The number of nitrogens with one attached hydrogen (secondary N) is 1. The van der Waals surface area contributed by atoms with Crippen molar-refractivity contribution in [1.29, 1.82) is 0 Å². The molecule has 2 aromatic rings. The Hall–Kier alpha value is -2.50. The molecular weight excluding hydrogens is 297 g/mol. The van der Waals surface area contributed by atoms with Crippen molar-refractivity contribution in [2.75, 3.05) is 5.32 Å². The van der Waals surface area contributed by atoms with Crippen LogP contribution in [0.25, 0.3) is 0 Å². The van der Waals surface area contributed by atoms with Crippen molar-refractivity contribution in [1.82, 2.24) is 9.97 Å². The highest BCUT2D eigenvalue weighted by molar-refractivity contribution is 5.92. The first kappa shape index (κ1) is 15.4. The molecule has 1 aromatic carbocycles. The normalized spacial score (nSPS) is 15.2. The van der Waals surface area contributed by atoms with Crippen LogP contribution in [0.15, 0.2) is 36.7 Å². The van der Waals surface area contributed by atoms with Crippen LogP contribution in [0.3, 0.4) is 0 Å². The molecule has 6 heteroatoms. The van der Waals surface area contributed by atoms with Gasteiger partial charge in [-0.1, -0.05) is 31.4 Å². The van der Waals surface area contributed by atoms with Gasteiger partial charge in [0.05, 0.1) is 18.1 Å². The summed E-state index contributed by atoms with van der Waals surface area (Å²) in [6.45, 7) is 0. The Kier molecular flexibility index (Phi) is 4.80. The van der Waals surface area contributed by atoms with Crippen molar-refractivity contribution in [3.05, 3.63) is 42.5 Å². The zero-order chi connectivity index (χ0) is 16.1. The van der Waals surface area contributed by atoms with Gasteiger partial charge >= 0.3 is 6.01 Å². The minimum atomic E-state index is -0.481. The summed E-state index contributed by atoms with van der Waals surface area (Å²) < 4.78 is 18.8. The average Bonchev–Trinajstić information content (AvgIpc) is 2.59. The first-order valence-electron chi connectivity index (χ1n) is 7.77. The van der Waals surface area contributed by atoms with Crippen LogP contribution in [0.1, 0.15) is 32.1 Å². The zero-order valence-electron chi connectivity index (χ0n) is 12.7. The van der Waals surface area contributed by atoms with Crippen molar-refractivity contribution in [3.63, 3.8) is 0 Å². The number of anilines is 1. The zero-order valence-corrected chi connectivity index (χ0v) is 12.7. The van der Waals surface area contributed by atoms with Crippen LogP contribution in [0.4, 0.5) is 10.1 Å². The highest BCUT2D eigenvalue weighted by atomic mass is 19.1. The fourth-order valence-corrected chi connectivity index (χ4v) is 2.67. The Labute approximate surface area is 133 Å². The number of ether oxygens (including phenoxy) is 1. The van der Waals surface area contributed by atoms with Gasteiger partial charge in [0.2, 0.25) is 5.91 Å². The van der Waals surface area contributed by atoms with Gasteiger partial charge in [-0.2, -0.15) is 0 Å². The monoisotopic (exact) mass is 315 g/mol. The molecule has 1 aromatic heterocycles. The molecule has 23 heavy (non-hydrogen) atoms. The number of halogens is 1. The molecule has 0 atom stereocenters. The summed E-state index contributed by atoms with van der Waals surface area (Å²) in [5, 5.41) is 2.82. The van der Waals surface area contributed by atoms with Gasteiger partial charge in [0.1, 0.15) is 0 Å². The second kappa shape index (κ2) is 7.17. The summed E-state index contributed by atoms with van der Waals surface area (Å²) in [5.74, 6) is -0.341. The van der Waals surface area contributed by atoms with E-state index in [9.17, 15) is 9.18 Å². The first-order chi connectivity index (χ1) is 11.2. The molecule has 3 rings (SSSR count). The predicted molar refractivity (Wildman–Crippen MR) is 83.7 cm³/mol. The molecule has 1 amide bonds. The summed E-state index contributed by atoms with van der Waals surface area (Å²) in [4.78, 5) is 20.1. The van der Waals surface area contributed by atoms with Gasteiger partial charge in [0.25, 0.3) is 0 Å². The van der Waals surface area contributed by atoms with Gasteiger partial charge in [0.15, 0.2) is 11.6 Å². The van der Waals surface area contributed by atoms with Crippen LogP contribution in [-0.2, 0) is 4.79 Å². The van der Waals surface area contributed by atoms with Gasteiger partial charge in [-0.3, -0.25) is 4.79 Å². The van der Waals surface area contributed by atoms with Gasteiger partial charge in [-0.05, 0) is 25.0 Å². The van der Waals surface area contributed by atoms with E-state index in [4.69, 9.17) is 4.74 Å². The number of hydrogen-bond donors (Lipinski definition) is 1. The lowest BCUT2D eigenvalue weighted by molar-refractivity contribution is -0.120. The van der Waals surface area contributed by atoms with Gasteiger partial charge in [-0.25, -0.2) is 14.4 Å². The van der Waals surface area contributed by atoms with E-state index in [2.05, 4.69) is 15.3 Å². The second-order valence-corrected chi connectivity index (χ2v) is 5.61. The minimum Gasteiger partial charge on any atom is -0.421 e. The summed E-state index contributed by atoms with van der Waals surface area (Å²) in [6, 6.07) is 6.07. The molecule has 0 spiro atoms. The van der Waals surface area contributed by atoms with E-state index in [1.165, 1.54) is 30.9 Å². The lowest BCUT2D eigenvalue weighted by Crippen LogP contribution is -2.24. The molecule has 1 N–H and O–H groups in total. The van der Waals surface area contributed by atoms with Crippen LogP contribution in [0.5, 0.6) is 11.8 Å². The number of carbonyl (C=O) groups excluding carboxylic acids is 1. The van der Waals surface area contributed by atoms with Crippen molar-refractivity contribution in [2.45, 2.75) is 32.1 Å². The molecule has 1 heterocycles. The largest absolute Gasteiger partial charge is 0.421 e. The van der Waals surface area contributed by atoms with Crippen molar-refractivity contribution in [3.8, 4) is 11.8 Å². The highest BCUT2D eigenvalue weighted by Crippen LogP contribution is 2.25. The van der Waals surface area contributed by atoms with Gasteiger partial charge < -0.3 is 10.1 Å². The van der Waals surface area contributed by atoms with Crippen molar-refractivity contribution >= 4 is 11.6 Å². The fourth-order valence-electron chi connectivity index (χ4n) is 2.67. The van der Waals surface area contributed by atoms with Crippen molar-refractivity contribution in [2.24, 2.45) is 5.92 Å². The number of aromatic nitrogens is 2. The lowest BCUT2D eigenvalue weighted by atomic mass is 9.89. The second-order valence-electron chi connectivity index (χ2n) is 5.61. The number of para-hydroxylation sites is 1. The number of amides is 1. The molecule has 5 nitrogen and oxygen atoms in total. The Balaban J connectivity index is 1.60. The molecule has 0 bridgehead atoms. The maximum Gasteiger partial charge on any atom is 0.322 e. The molecule has 0 unspecified atom stereocenters. The third-order valence-electron chi connectivity index (χ3n) is 3.91. The highest BCUT2D eigenvalue weighted by Gasteiger charge is 2.21. The number of rotatable bonds is 4. The summed E-state index contributed by atoms with van der Waals surface area (Å²) in [7, 11) is 0. The first-order valence-corrected chi connectivity index (χ1v) is 7.77. The average molecular weight is 315 g/mol. The van der Waals surface area contributed by atoms with E-state index >= 15 is 0 Å². The van der Waals surface area contributed by atoms with Crippen LogP contribution in [-0.4, -0.2) is 15.9 Å². The fraction of sp³-hybridized carbons (Fsp3) is 0.353. The Morgan fingerprint density at radius 2 is 1.83 bits per heavy atom. The molecule has 0 aliphatic heterocycles. The van der Waals surface area contributed by atoms with Crippen LogP contribution in [0.2, 0.25) is 0 Å². The molecule has 0 radical (unpaired) electrons. The topological polar surface area (TPSA) is 64.1 Å². The number of nitrogens with zero attached hydrogens (tertiary/aromatic N) is 2. The molecule has 1 aliphatic carbocycles. The van der Waals surface area contributed by atoms with E-state index in [0.717, 1.165) is 25.7 Å². The van der Waals surface area contributed by atoms with Crippen LogP contribution in [0, 0.1) is 11.7 Å². The Morgan fingerprint density at radius 3 is 2.52 bits per heavy atom. The minimum absolute atomic E-state index is 0.0103. The summed E-state index contributed by atoms with van der Waals surface area (Å²) >= 11 is 0. The maximum atomic E-state index is 13.5. The number of hydrogen-bond acceptors (Lipinski definition) is 4. The molecule has 0 saturated heterocycles. The molecule has 1 saturated carbocycles. The maximum absolute atomic E-state index is 13.5. The summed E-state index contributed by atoms with van der Waals surface area (Å²) in [5.41, 5.74) is 0.515. The SMILES string of the molecule is O=C(Nc1cnc(Oc2ccccc2F)nc1)C1CCCCC1. The molecule has 1 fully saturated rings. The number of benzene rings is 1. The van der Waals surface area contributed by atoms with E-state index in [1.807, 2.05) is 0 Å². The van der Waals surface area contributed by atoms with E-state index in [-0.39, 0.29) is 23.6 Å². The Bertz CT molecular complexity index is 670. The van der Waals surface area contributed by atoms with Gasteiger partial charge in [-0.15, -0.1) is 0 Å². The standard InChI is InChI=1S/C17H18FN3O2/c18-14-8-4-5-9-15(14)23-17-19-10-13(11-20-17)21-16(22)12-6-2-1-3-7-12/h4-5,8-12H,1-3,6-7H2,(H,21,22). The van der Waals surface area contributed by atoms with E-state index in [1.54, 1.807) is 12.1 Å².